The predicted octanol–water partition coefficient (Wildman–Crippen LogP) is 2.84. The maximum atomic E-state index is 12.0. The van der Waals surface area contributed by atoms with Gasteiger partial charge in [0, 0.05) is 22.1 Å². The maximum absolute atomic E-state index is 12.0. The highest BCUT2D eigenvalue weighted by Gasteiger charge is 2.15. The van der Waals surface area contributed by atoms with Gasteiger partial charge in [0.2, 0.25) is 5.91 Å². The van der Waals surface area contributed by atoms with Crippen molar-refractivity contribution in [3.05, 3.63) is 53.6 Å². The summed E-state index contributed by atoms with van der Waals surface area (Å²) in [6, 6.07) is 13.2. The van der Waals surface area contributed by atoms with Crippen molar-refractivity contribution in [3.8, 4) is 5.75 Å². The third-order valence-electron chi connectivity index (χ3n) is 3.09. The van der Waals surface area contributed by atoms with Crippen LogP contribution in [0.2, 0.25) is 5.02 Å². The third-order valence-corrected chi connectivity index (χ3v) is 5.58. The van der Waals surface area contributed by atoms with E-state index < -0.39 is 15.9 Å². The highest BCUT2D eigenvalue weighted by Crippen LogP contribution is 2.21. The first kappa shape index (κ1) is 19.6. The van der Waals surface area contributed by atoms with Crippen molar-refractivity contribution in [1.29, 1.82) is 0 Å². The fourth-order valence-corrected chi connectivity index (χ4v) is 3.83. The van der Waals surface area contributed by atoms with E-state index in [-0.39, 0.29) is 11.3 Å². The van der Waals surface area contributed by atoms with E-state index in [1.807, 2.05) is 24.3 Å². The Balaban J connectivity index is 1.78. The molecule has 1 amide bonds. The monoisotopic (exact) mass is 400 g/mol. The molecule has 0 heterocycles. The van der Waals surface area contributed by atoms with E-state index in [0.717, 1.165) is 10.6 Å². The summed E-state index contributed by atoms with van der Waals surface area (Å²) in [5.74, 6) is 0.848. The Bertz CT molecular complexity index is 826. The number of sulfonamides is 1. The molecular weight excluding hydrogens is 384 g/mol. The molecule has 2 aromatic carbocycles. The SMILES string of the molecule is COc1ccc(SCCC(=O)NNS(=O)(=O)c2cccc(Cl)c2)cc1. The summed E-state index contributed by atoms with van der Waals surface area (Å²) in [5, 5.41) is 0.296. The Hall–Kier alpha value is -1.74. The summed E-state index contributed by atoms with van der Waals surface area (Å²) in [6.45, 7) is 0. The van der Waals surface area contributed by atoms with Crippen LogP contribution in [0, 0.1) is 0 Å². The minimum atomic E-state index is -3.85. The minimum absolute atomic E-state index is 0.0205. The molecule has 0 fully saturated rings. The van der Waals surface area contributed by atoms with Crippen LogP contribution in [0.1, 0.15) is 6.42 Å². The largest absolute Gasteiger partial charge is 0.497 e. The summed E-state index contributed by atoms with van der Waals surface area (Å²) in [5.41, 5.74) is 2.19. The number of hydrogen-bond acceptors (Lipinski definition) is 5. The lowest BCUT2D eigenvalue weighted by Crippen LogP contribution is -2.41. The van der Waals surface area contributed by atoms with Gasteiger partial charge < -0.3 is 4.74 Å². The second-order valence-corrected chi connectivity index (χ2v) is 8.17. The highest BCUT2D eigenvalue weighted by atomic mass is 35.5. The Kier molecular flexibility index (Phi) is 7.12. The average Bonchev–Trinajstić information content (AvgIpc) is 2.61. The van der Waals surface area contributed by atoms with Crippen LogP contribution < -0.4 is 15.0 Å². The fourth-order valence-electron chi connectivity index (χ4n) is 1.81. The molecule has 25 heavy (non-hydrogen) atoms. The van der Waals surface area contributed by atoms with Gasteiger partial charge in [0.1, 0.15) is 5.75 Å². The Morgan fingerprint density at radius 3 is 2.56 bits per heavy atom. The molecule has 0 spiro atoms. The first-order valence-corrected chi connectivity index (χ1v) is 10.1. The number of nitrogens with one attached hydrogen (secondary N) is 2. The zero-order valence-corrected chi connectivity index (χ0v) is 15.7. The van der Waals surface area contributed by atoms with Gasteiger partial charge in [0.15, 0.2) is 0 Å². The number of ether oxygens (including phenoxy) is 1. The van der Waals surface area contributed by atoms with Gasteiger partial charge in [-0.25, -0.2) is 8.42 Å². The molecule has 0 aliphatic carbocycles. The van der Waals surface area contributed by atoms with Crippen molar-refractivity contribution in [3.63, 3.8) is 0 Å². The van der Waals surface area contributed by atoms with Gasteiger partial charge in [-0.05, 0) is 42.5 Å². The smallest absolute Gasteiger partial charge is 0.257 e. The number of halogens is 1. The van der Waals surface area contributed by atoms with Crippen LogP contribution in [0.25, 0.3) is 0 Å². The fraction of sp³-hybridized carbons (Fsp3) is 0.188. The molecule has 0 bridgehead atoms. The lowest BCUT2D eigenvalue weighted by Gasteiger charge is -2.09. The quantitative estimate of drug-likeness (QED) is 0.525. The molecule has 0 saturated heterocycles. The van der Waals surface area contributed by atoms with E-state index in [1.165, 1.54) is 30.0 Å². The lowest BCUT2D eigenvalue weighted by atomic mass is 10.3. The highest BCUT2D eigenvalue weighted by molar-refractivity contribution is 7.99. The Labute approximate surface area is 155 Å². The van der Waals surface area contributed by atoms with Crippen LogP contribution in [0.5, 0.6) is 5.75 Å². The van der Waals surface area contributed by atoms with Crippen molar-refractivity contribution in [2.75, 3.05) is 12.9 Å². The van der Waals surface area contributed by atoms with Gasteiger partial charge in [-0.3, -0.25) is 10.2 Å². The zero-order valence-electron chi connectivity index (χ0n) is 13.4. The van der Waals surface area contributed by atoms with E-state index in [1.54, 1.807) is 13.2 Å². The molecule has 0 radical (unpaired) electrons. The molecule has 0 aromatic heterocycles. The van der Waals surface area contributed by atoms with E-state index in [4.69, 9.17) is 16.3 Å². The molecular formula is C16H17ClN2O4S2. The van der Waals surface area contributed by atoms with Crippen LogP contribution in [0.3, 0.4) is 0 Å². The van der Waals surface area contributed by atoms with Crippen molar-refractivity contribution in [2.45, 2.75) is 16.2 Å². The summed E-state index contributed by atoms with van der Waals surface area (Å²) >= 11 is 7.26. The molecule has 6 nitrogen and oxygen atoms in total. The maximum Gasteiger partial charge on any atom is 0.257 e. The zero-order chi connectivity index (χ0) is 18.3. The van der Waals surface area contributed by atoms with Crippen LogP contribution in [-0.4, -0.2) is 27.2 Å². The normalized spacial score (nSPS) is 11.1. The summed E-state index contributed by atoms with van der Waals surface area (Å²) < 4.78 is 29.2. The molecule has 134 valence electrons. The molecule has 2 aromatic rings. The van der Waals surface area contributed by atoms with Crippen LogP contribution >= 0.6 is 23.4 Å². The molecule has 2 N–H and O–H groups in total. The molecule has 0 atom stereocenters. The number of carbonyl (C=O) groups is 1. The number of hydrogen-bond donors (Lipinski definition) is 2. The number of rotatable bonds is 8. The van der Waals surface area contributed by atoms with Gasteiger partial charge in [-0.2, -0.15) is 0 Å². The standard InChI is InChI=1S/C16H17ClN2O4S2/c1-23-13-5-7-14(8-6-13)24-10-9-16(20)18-19-25(21,22)15-4-2-3-12(17)11-15/h2-8,11,19H,9-10H2,1H3,(H,18,20). The van der Waals surface area contributed by atoms with Crippen LogP contribution in [0.4, 0.5) is 0 Å². The molecule has 0 unspecified atom stereocenters. The summed E-state index contributed by atoms with van der Waals surface area (Å²) in [7, 11) is -2.26. The Morgan fingerprint density at radius 1 is 1.20 bits per heavy atom. The van der Waals surface area contributed by atoms with E-state index >= 15 is 0 Å². The van der Waals surface area contributed by atoms with Gasteiger partial charge in [-0.1, -0.05) is 17.7 Å². The second kappa shape index (κ2) is 9.10. The third kappa shape index (κ3) is 6.24. The van der Waals surface area contributed by atoms with Crippen molar-refractivity contribution in [2.24, 2.45) is 0 Å². The topological polar surface area (TPSA) is 84.5 Å². The van der Waals surface area contributed by atoms with Crippen molar-refractivity contribution < 1.29 is 17.9 Å². The molecule has 0 aliphatic rings. The first-order valence-electron chi connectivity index (χ1n) is 7.24. The molecule has 2 rings (SSSR count). The number of amides is 1. The van der Waals surface area contributed by atoms with Crippen LogP contribution in [0.15, 0.2) is 58.3 Å². The number of methoxy groups -OCH3 is 1. The predicted molar refractivity (Wildman–Crippen MR) is 98.3 cm³/mol. The summed E-state index contributed by atoms with van der Waals surface area (Å²) in [6.07, 6.45) is 0.161. The number of hydrazine groups is 1. The van der Waals surface area contributed by atoms with Gasteiger partial charge in [-0.15, -0.1) is 16.6 Å². The van der Waals surface area contributed by atoms with Crippen molar-refractivity contribution in [1.82, 2.24) is 10.3 Å². The first-order chi connectivity index (χ1) is 11.9. The summed E-state index contributed by atoms with van der Waals surface area (Å²) in [4.78, 5) is 14.8. The van der Waals surface area contributed by atoms with Crippen LogP contribution in [-0.2, 0) is 14.8 Å². The minimum Gasteiger partial charge on any atom is -0.497 e. The molecule has 0 saturated carbocycles. The number of carbonyl (C=O) groups excluding carboxylic acids is 1. The van der Waals surface area contributed by atoms with E-state index in [0.29, 0.717) is 10.8 Å². The molecule has 9 heteroatoms. The van der Waals surface area contributed by atoms with Crippen molar-refractivity contribution >= 4 is 39.3 Å². The number of thioether (sulfide) groups is 1. The Morgan fingerprint density at radius 2 is 1.92 bits per heavy atom. The number of benzene rings is 2. The second-order valence-electron chi connectivity index (χ2n) is 4.89. The van der Waals surface area contributed by atoms with E-state index in [9.17, 15) is 13.2 Å². The van der Waals surface area contributed by atoms with Gasteiger partial charge in [0.05, 0.1) is 12.0 Å². The lowest BCUT2D eigenvalue weighted by molar-refractivity contribution is -0.121. The average molecular weight is 401 g/mol. The molecule has 0 aliphatic heterocycles. The van der Waals surface area contributed by atoms with Gasteiger partial charge in [0.25, 0.3) is 10.0 Å². The van der Waals surface area contributed by atoms with Gasteiger partial charge >= 0.3 is 0 Å². The van der Waals surface area contributed by atoms with E-state index in [2.05, 4.69) is 10.3 Å².